The highest BCUT2D eigenvalue weighted by molar-refractivity contribution is 7.99. The number of hydrogen-bond donors (Lipinski definition) is 1. The van der Waals surface area contributed by atoms with Crippen molar-refractivity contribution in [2.24, 2.45) is 0 Å². The van der Waals surface area contributed by atoms with Crippen molar-refractivity contribution in [2.45, 2.75) is 25.5 Å². The van der Waals surface area contributed by atoms with Gasteiger partial charge >= 0.3 is 0 Å². The van der Waals surface area contributed by atoms with E-state index in [4.69, 9.17) is 4.55 Å². The Hall–Kier alpha value is 0.260. The molecule has 0 aromatic heterocycles. The summed E-state index contributed by atoms with van der Waals surface area (Å²) in [4.78, 5) is 0. The molecule has 3 nitrogen and oxygen atoms in total. The van der Waals surface area contributed by atoms with Gasteiger partial charge in [0.15, 0.2) is 0 Å². The van der Waals surface area contributed by atoms with Crippen molar-refractivity contribution in [3.8, 4) is 0 Å². The fraction of sp³-hybridized carbons (Fsp3) is 1.00. The van der Waals surface area contributed by atoms with Gasteiger partial charge in [-0.25, -0.2) is 0 Å². The SMILES string of the molecule is CC(C)SCCCS(=O)(=O)O. The summed E-state index contributed by atoms with van der Waals surface area (Å²) in [6, 6.07) is 0. The monoisotopic (exact) mass is 198 g/mol. The fourth-order valence-corrected chi connectivity index (χ4v) is 2.03. The largest absolute Gasteiger partial charge is 0.286 e. The van der Waals surface area contributed by atoms with Crippen molar-refractivity contribution in [1.82, 2.24) is 0 Å². The maximum atomic E-state index is 10.2. The molecule has 0 bridgehead atoms. The topological polar surface area (TPSA) is 54.4 Å². The lowest BCUT2D eigenvalue weighted by Gasteiger charge is -2.02. The molecule has 0 amide bonds. The van der Waals surface area contributed by atoms with Gasteiger partial charge in [-0.05, 0) is 17.4 Å². The molecule has 0 atom stereocenters. The highest BCUT2D eigenvalue weighted by atomic mass is 32.2. The smallest absolute Gasteiger partial charge is 0.264 e. The van der Waals surface area contributed by atoms with E-state index in [9.17, 15) is 8.42 Å². The molecule has 1 N–H and O–H groups in total. The molecule has 0 spiro atoms. The molecule has 0 aromatic rings. The summed E-state index contributed by atoms with van der Waals surface area (Å²) in [5.41, 5.74) is 0. The van der Waals surface area contributed by atoms with Crippen LogP contribution in [0, 0.1) is 0 Å². The first-order valence-corrected chi connectivity index (χ1v) is 6.14. The third-order valence-electron chi connectivity index (χ3n) is 0.998. The molecule has 0 saturated carbocycles. The Morgan fingerprint density at radius 3 is 2.36 bits per heavy atom. The first-order valence-electron chi connectivity index (χ1n) is 3.48. The van der Waals surface area contributed by atoms with Crippen LogP contribution in [-0.2, 0) is 10.1 Å². The quantitative estimate of drug-likeness (QED) is 0.536. The lowest BCUT2D eigenvalue weighted by molar-refractivity contribution is 0.482. The minimum atomic E-state index is -3.74. The Kier molecular flexibility index (Phi) is 5.12. The molecular formula is C6H14O3S2. The van der Waals surface area contributed by atoms with Crippen LogP contribution in [0.1, 0.15) is 20.3 Å². The summed E-state index contributed by atoms with van der Waals surface area (Å²) in [6.45, 7) is 4.11. The molecule has 11 heavy (non-hydrogen) atoms. The first-order chi connectivity index (χ1) is 4.92. The van der Waals surface area contributed by atoms with Gasteiger partial charge in [0.1, 0.15) is 0 Å². The van der Waals surface area contributed by atoms with Crippen LogP contribution in [0.25, 0.3) is 0 Å². The number of hydrogen-bond acceptors (Lipinski definition) is 3. The van der Waals surface area contributed by atoms with Crippen LogP contribution in [0.4, 0.5) is 0 Å². The fourth-order valence-electron chi connectivity index (χ4n) is 0.560. The zero-order valence-electron chi connectivity index (χ0n) is 6.78. The maximum absolute atomic E-state index is 10.2. The third kappa shape index (κ3) is 10.3. The maximum Gasteiger partial charge on any atom is 0.264 e. The van der Waals surface area contributed by atoms with E-state index in [1.807, 2.05) is 0 Å². The van der Waals surface area contributed by atoms with Gasteiger partial charge in [0.25, 0.3) is 10.1 Å². The van der Waals surface area contributed by atoms with Crippen LogP contribution in [0.2, 0.25) is 0 Å². The highest BCUT2D eigenvalue weighted by Gasteiger charge is 2.03. The molecule has 68 valence electrons. The van der Waals surface area contributed by atoms with Crippen LogP contribution >= 0.6 is 11.8 Å². The predicted molar refractivity (Wildman–Crippen MR) is 48.6 cm³/mol. The second-order valence-corrected chi connectivity index (χ2v) is 5.82. The van der Waals surface area contributed by atoms with Gasteiger partial charge in [-0.15, -0.1) is 0 Å². The van der Waals surface area contributed by atoms with Crippen molar-refractivity contribution < 1.29 is 13.0 Å². The summed E-state index contributed by atoms with van der Waals surface area (Å²) < 4.78 is 28.8. The number of thioether (sulfide) groups is 1. The van der Waals surface area contributed by atoms with Crippen molar-refractivity contribution in [1.29, 1.82) is 0 Å². The summed E-state index contributed by atoms with van der Waals surface area (Å²) >= 11 is 1.70. The van der Waals surface area contributed by atoms with E-state index in [1.165, 1.54) is 0 Å². The van der Waals surface area contributed by atoms with Gasteiger partial charge in [-0.3, -0.25) is 4.55 Å². The van der Waals surface area contributed by atoms with E-state index in [-0.39, 0.29) is 5.75 Å². The Bertz CT molecular complexity index is 184. The lowest BCUT2D eigenvalue weighted by atomic mass is 10.6. The van der Waals surface area contributed by atoms with Crippen molar-refractivity contribution in [3.63, 3.8) is 0 Å². The van der Waals surface area contributed by atoms with Gasteiger partial charge in [0.2, 0.25) is 0 Å². The molecule has 0 unspecified atom stereocenters. The predicted octanol–water partition coefficient (Wildman–Crippen LogP) is 1.41. The van der Waals surface area contributed by atoms with Crippen molar-refractivity contribution in [3.05, 3.63) is 0 Å². The van der Waals surface area contributed by atoms with E-state index in [0.717, 1.165) is 5.75 Å². The standard InChI is InChI=1S/C6H14O3S2/c1-6(2)10-4-3-5-11(7,8)9/h6H,3-5H2,1-2H3,(H,7,8,9). The van der Waals surface area contributed by atoms with Crippen LogP contribution in [-0.4, -0.2) is 29.7 Å². The van der Waals surface area contributed by atoms with Crippen LogP contribution in [0.5, 0.6) is 0 Å². The normalized spacial score (nSPS) is 12.4. The Morgan fingerprint density at radius 2 is 2.00 bits per heavy atom. The summed E-state index contributed by atoms with van der Waals surface area (Å²) in [5, 5.41) is 0.524. The molecule has 5 heteroatoms. The van der Waals surface area contributed by atoms with Gasteiger partial charge < -0.3 is 0 Å². The second kappa shape index (κ2) is 5.00. The first kappa shape index (κ1) is 11.3. The summed E-state index contributed by atoms with van der Waals surface area (Å²) in [7, 11) is -3.74. The Balaban J connectivity index is 3.30. The van der Waals surface area contributed by atoms with Crippen molar-refractivity contribution in [2.75, 3.05) is 11.5 Å². The molecule has 0 heterocycles. The van der Waals surface area contributed by atoms with Crippen LogP contribution in [0.15, 0.2) is 0 Å². The van der Waals surface area contributed by atoms with E-state index in [1.54, 1.807) is 11.8 Å². The summed E-state index contributed by atoms with van der Waals surface area (Å²) in [5.74, 6) is 0.671. The van der Waals surface area contributed by atoms with E-state index < -0.39 is 10.1 Å². The van der Waals surface area contributed by atoms with Gasteiger partial charge in [0.05, 0.1) is 5.75 Å². The Labute approximate surface area is 72.3 Å². The number of rotatable bonds is 5. The zero-order valence-corrected chi connectivity index (χ0v) is 8.41. The average Bonchev–Trinajstić information content (AvgIpc) is 1.78. The molecule has 0 aliphatic heterocycles. The molecule has 0 saturated heterocycles. The minimum absolute atomic E-state index is 0.118. The molecule has 0 rings (SSSR count). The highest BCUT2D eigenvalue weighted by Crippen LogP contribution is 2.10. The molecule has 0 aromatic carbocycles. The van der Waals surface area contributed by atoms with Crippen LogP contribution in [0.3, 0.4) is 0 Å². The molecule has 0 fully saturated rings. The molecule has 0 aliphatic carbocycles. The van der Waals surface area contributed by atoms with Gasteiger partial charge in [-0.2, -0.15) is 20.2 Å². The molecular weight excluding hydrogens is 184 g/mol. The average molecular weight is 198 g/mol. The molecule has 0 radical (unpaired) electrons. The van der Waals surface area contributed by atoms with E-state index >= 15 is 0 Å². The van der Waals surface area contributed by atoms with E-state index in [2.05, 4.69) is 13.8 Å². The Morgan fingerprint density at radius 1 is 1.45 bits per heavy atom. The van der Waals surface area contributed by atoms with E-state index in [0.29, 0.717) is 11.7 Å². The third-order valence-corrected chi connectivity index (χ3v) is 2.99. The minimum Gasteiger partial charge on any atom is -0.286 e. The van der Waals surface area contributed by atoms with Crippen molar-refractivity contribution >= 4 is 21.9 Å². The zero-order chi connectivity index (χ0) is 8.91. The lowest BCUT2D eigenvalue weighted by Crippen LogP contribution is -2.05. The van der Waals surface area contributed by atoms with Gasteiger partial charge in [-0.1, -0.05) is 13.8 Å². The second-order valence-electron chi connectivity index (χ2n) is 2.56. The molecule has 0 aliphatic rings. The summed E-state index contributed by atoms with van der Waals surface area (Å²) in [6.07, 6.45) is 0.529. The van der Waals surface area contributed by atoms with Crippen LogP contribution < -0.4 is 0 Å². The van der Waals surface area contributed by atoms with Gasteiger partial charge in [0, 0.05) is 0 Å².